The molecule has 0 spiro atoms. The van der Waals surface area contributed by atoms with Crippen molar-refractivity contribution >= 4 is 29.5 Å². The van der Waals surface area contributed by atoms with Crippen LogP contribution in [0.15, 0.2) is 24.7 Å². The van der Waals surface area contributed by atoms with Gasteiger partial charge in [0, 0.05) is 11.7 Å². The molecule has 0 fully saturated rings. The number of carboxylic acids is 1. The minimum absolute atomic E-state index is 0. The molecule has 0 amide bonds. The second-order valence-electron chi connectivity index (χ2n) is 5.05. The molecule has 23 heavy (non-hydrogen) atoms. The van der Waals surface area contributed by atoms with Crippen LogP contribution in [0, 0.1) is 0 Å². The summed E-state index contributed by atoms with van der Waals surface area (Å²) in [5.41, 5.74) is 0. The lowest BCUT2D eigenvalue weighted by molar-refractivity contribution is -0.137. The minimum atomic E-state index is -0.720. The van der Waals surface area contributed by atoms with Crippen molar-refractivity contribution in [3.8, 4) is 0 Å². The molecular weight excluding hydrogens is 332 g/mol. The highest BCUT2D eigenvalue weighted by Crippen LogP contribution is 2.24. The van der Waals surface area contributed by atoms with E-state index < -0.39 is 5.97 Å². The predicted molar refractivity (Wildman–Crippen MR) is 103 cm³/mol. The zero-order valence-corrected chi connectivity index (χ0v) is 15.3. The maximum absolute atomic E-state index is 10.5. The van der Waals surface area contributed by atoms with E-state index in [1.54, 1.807) is 23.5 Å². The van der Waals surface area contributed by atoms with Gasteiger partial charge in [0.1, 0.15) is 11.9 Å². The molecule has 6 heteroatoms. The molecule has 0 radical (unpaired) electrons. The zero-order valence-electron chi connectivity index (χ0n) is 13.6. The Morgan fingerprint density at radius 1 is 1.09 bits per heavy atom. The number of hydrogen-bond acceptors (Lipinski definition) is 5. The number of thioether (sulfide) groups is 2. The van der Waals surface area contributed by atoms with E-state index in [0.717, 1.165) is 43.0 Å². The Labute approximate surface area is 150 Å². The van der Waals surface area contributed by atoms with Crippen LogP contribution in [0.5, 0.6) is 0 Å². The number of hydrogen-bond donors (Lipinski definition) is 1. The van der Waals surface area contributed by atoms with Gasteiger partial charge < -0.3 is 14.6 Å². The summed E-state index contributed by atoms with van der Waals surface area (Å²) in [4.78, 5) is 10.5. The quantitative estimate of drug-likeness (QED) is 0.235. The summed E-state index contributed by atoms with van der Waals surface area (Å²) < 4.78 is 10.7. The molecule has 1 atom stereocenters. The summed E-state index contributed by atoms with van der Waals surface area (Å²) in [7, 11) is 0. The molecule has 1 N–H and O–H groups in total. The average Bonchev–Trinajstić information content (AvgIpc) is 2.41. The number of allylic oxidation sites excluding steroid dienone is 2. The van der Waals surface area contributed by atoms with Gasteiger partial charge in [0.05, 0.1) is 11.5 Å². The van der Waals surface area contributed by atoms with Gasteiger partial charge in [-0.25, -0.2) is 0 Å². The van der Waals surface area contributed by atoms with Crippen LogP contribution >= 0.6 is 23.5 Å². The number of carbonyl (C=O) groups is 1. The van der Waals surface area contributed by atoms with Crippen molar-refractivity contribution < 1.29 is 19.4 Å². The van der Waals surface area contributed by atoms with E-state index in [-0.39, 0.29) is 13.8 Å². The Hall–Kier alpha value is -0.750. The Kier molecular flexibility index (Phi) is 17.2. The first-order valence-electron chi connectivity index (χ1n) is 7.39. The number of aliphatic carboxylic acids is 1. The molecule has 0 heterocycles. The van der Waals surface area contributed by atoms with E-state index in [9.17, 15) is 4.79 Å². The van der Waals surface area contributed by atoms with Gasteiger partial charge in [-0.2, -0.15) is 0 Å². The summed E-state index contributed by atoms with van der Waals surface area (Å²) in [6, 6.07) is 0. The predicted octanol–water partition coefficient (Wildman–Crippen LogP) is 5.51. The van der Waals surface area contributed by atoms with E-state index in [1.807, 2.05) is 13.8 Å². The first kappa shape index (κ1) is 24.5. The second kappa shape index (κ2) is 16.1. The normalized spacial score (nSPS) is 11.2. The Balaban J connectivity index is 0. The third-order valence-electron chi connectivity index (χ3n) is 2.75. The van der Waals surface area contributed by atoms with Gasteiger partial charge in [-0.15, -0.1) is 23.5 Å². The lowest BCUT2D eigenvalue weighted by Crippen LogP contribution is -2.07. The van der Waals surface area contributed by atoms with Gasteiger partial charge in [0.25, 0.3) is 0 Å². The number of ether oxygens (including phenoxy) is 2. The smallest absolute Gasteiger partial charge is 0.303 e. The molecule has 0 aliphatic rings. The lowest BCUT2D eigenvalue weighted by atomic mass is 10.1. The molecule has 0 saturated heterocycles. The third-order valence-corrected chi connectivity index (χ3v) is 4.75. The van der Waals surface area contributed by atoms with Crippen molar-refractivity contribution in [3.63, 3.8) is 0 Å². The van der Waals surface area contributed by atoms with E-state index in [4.69, 9.17) is 14.6 Å². The summed E-state index contributed by atoms with van der Waals surface area (Å²) in [5, 5.41) is 9.14. The van der Waals surface area contributed by atoms with Gasteiger partial charge in [-0.3, -0.25) is 4.79 Å². The summed E-state index contributed by atoms with van der Waals surface area (Å²) in [6.07, 6.45) is 3.99. The van der Waals surface area contributed by atoms with Crippen molar-refractivity contribution in [2.45, 2.75) is 58.6 Å². The first-order valence-corrected chi connectivity index (χ1v) is 9.60. The van der Waals surface area contributed by atoms with Gasteiger partial charge in [-0.05, 0) is 38.9 Å². The Bertz CT molecular complexity index is 345. The number of rotatable bonds is 15. The van der Waals surface area contributed by atoms with E-state index in [0.29, 0.717) is 17.1 Å². The van der Waals surface area contributed by atoms with Gasteiger partial charge in [-0.1, -0.05) is 27.0 Å². The monoisotopic (exact) mass is 364 g/mol. The highest BCUT2D eigenvalue weighted by molar-refractivity contribution is 8.00. The molecule has 0 saturated carbocycles. The van der Waals surface area contributed by atoms with E-state index >= 15 is 0 Å². The SMILES string of the molecule is C.C=C(C)OCSCCC(CCCCC(=O)O)SCOC(=C)C. The molecule has 0 aliphatic carbocycles. The van der Waals surface area contributed by atoms with Gasteiger partial charge in [0.2, 0.25) is 0 Å². The van der Waals surface area contributed by atoms with Crippen LogP contribution in [-0.4, -0.2) is 34.0 Å². The Morgan fingerprint density at radius 2 is 1.70 bits per heavy atom. The van der Waals surface area contributed by atoms with Gasteiger partial charge >= 0.3 is 5.97 Å². The molecule has 4 nitrogen and oxygen atoms in total. The molecule has 136 valence electrons. The van der Waals surface area contributed by atoms with Crippen LogP contribution in [0.3, 0.4) is 0 Å². The fraction of sp³-hybridized carbons (Fsp3) is 0.706. The highest BCUT2D eigenvalue weighted by atomic mass is 32.2. The molecule has 0 aromatic heterocycles. The topological polar surface area (TPSA) is 55.8 Å². The molecule has 0 bridgehead atoms. The average molecular weight is 365 g/mol. The zero-order chi connectivity index (χ0) is 16.8. The van der Waals surface area contributed by atoms with Crippen LogP contribution in [0.2, 0.25) is 0 Å². The van der Waals surface area contributed by atoms with E-state index in [2.05, 4.69) is 13.2 Å². The first-order chi connectivity index (χ1) is 10.4. The largest absolute Gasteiger partial charge is 0.488 e. The molecule has 0 rings (SSSR count). The summed E-state index contributed by atoms with van der Waals surface area (Å²) in [6.45, 7) is 11.1. The van der Waals surface area contributed by atoms with E-state index in [1.165, 1.54) is 0 Å². The molecule has 0 aliphatic heterocycles. The fourth-order valence-corrected chi connectivity index (χ4v) is 3.69. The molecule has 0 aromatic rings. The maximum Gasteiger partial charge on any atom is 0.303 e. The lowest BCUT2D eigenvalue weighted by Gasteiger charge is -2.16. The number of unbranched alkanes of at least 4 members (excludes halogenated alkanes) is 1. The van der Waals surface area contributed by atoms with Crippen molar-refractivity contribution in [2.24, 2.45) is 0 Å². The van der Waals surface area contributed by atoms with Crippen molar-refractivity contribution in [2.75, 3.05) is 17.6 Å². The van der Waals surface area contributed by atoms with Crippen LogP contribution < -0.4 is 0 Å². The Morgan fingerprint density at radius 3 is 2.26 bits per heavy atom. The maximum atomic E-state index is 10.5. The minimum Gasteiger partial charge on any atom is -0.488 e. The molecule has 1 unspecified atom stereocenters. The van der Waals surface area contributed by atoms with Crippen LogP contribution in [0.1, 0.15) is 53.4 Å². The van der Waals surface area contributed by atoms with Crippen LogP contribution in [0.4, 0.5) is 0 Å². The van der Waals surface area contributed by atoms with Crippen molar-refractivity contribution in [1.82, 2.24) is 0 Å². The molecular formula is C17H32O4S2. The summed E-state index contributed by atoms with van der Waals surface area (Å²) in [5.74, 6) is 2.99. The standard InChI is InChI=1S/C16H28O4S2.CH4/c1-13(2)19-11-21-10-9-15(22-12-20-14(3)4)7-5-6-8-16(17)18;/h15H,1,3,5-12H2,2,4H3,(H,17,18);1H4. The van der Waals surface area contributed by atoms with Crippen molar-refractivity contribution in [1.29, 1.82) is 0 Å². The molecule has 0 aromatic carbocycles. The highest BCUT2D eigenvalue weighted by Gasteiger charge is 2.10. The summed E-state index contributed by atoms with van der Waals surface area (Å²) >= 11 is 3.52. The second-order valence-corrected chi connectivity index (χ2v) is 7.34. The van der Waals surface area contributed by atoms with Gasteiger partial charge in [0.15, 0.2) is 0 Å². The van der Waals surface area contributed by atoms with Crippen molar-refractivity contribution in [3.05, 3.63) is 24.7 Å². The third kappa shape index (κ3) is 19.2. The fourth-order valence-electron chi connectivity index (χ4n) is 1.61. The van der Waals surface area contributed by atoms with Crippen LogP contribution in [0.25, 0.3) is 0 Å². The number of carboxylic acid groups (broad SMARTS) is 1. The van der Waals surface area contributed by atoms with Crippen LogP contribution in [-0.2, 0) is 14.3 Å².